The van der Waals surface area contributed by atoms with Gasteiger partial charge in [-0.3, -0.25) is 0 Å². The lowest BCUT2D eigenvalue weighted by atomic mass is 10.2. The first kappa shape index (κ1) is 14.3. The second-order valence-corrected chi connectivity index (χ2v) is 4.58. The van der Waals surface area contributed by atoms with Gasteiger partial charge in [0.05, 0.1) is 17.6 Å². The van der Waals surface area contributed by atoms with Crippen LogP contribution in [0.4, 0.5) is 19.0 Å². The molecule has 0 aliphatic carbocycles. The number of hydrogen-bond acceptors (Lipinski definition) is 4. The van der Waals surface area contributed by atoms with Gasteiger partial charge in [0.2, 0.25) is 0 Å². The Morgan fingerprint density at radius 3 is 2.70 bits per heavy atom. The zero-order valence-electron chi connectivity index (χ0n) is 11.0. The topological polar surface area (TPSA) is 55.6 Å². The average molecular weight is 285 g/mol. The number of aromatic nitrogens is 4. The lowest BCUT2D eigenvalue weighted by Crippen LogP contribution is -2.21. The van der Waals surface area contributed by atoms with Crippen LogP contribution in [0.1, 0.15) is 25.5 Å². The van der Waals surface area contributed by atoms with Crippen LogP contribution in [-0.2, 0) is 0 Å². The van der Waals surface area contributed by atoms with Crippen LogP contribution >= 0.6 is 0 Å². The number of pyridine rings is 1. The summed E-state index contributed by atoms with van der Waals surface area (Å²) in [7, 11) is 0. The summed E-state index contributed by atoms with van der Waals surface area (Å²) in [5.41, 5.74) is 1.36. The Morgan fingerprint density at radius 2 is 2.10 bits per heavy atom. The molecule has 0 saturated heterocycles. The molecule has 2 rings (SSSR count). The van der Waals surface area contributed by atoms with E-state index in [1.165, 1.54) is 17.1 Å². The molecule has 0 aliphatic rings. The van der Waals surface area contributed by atoms with E-state index in [1.807, 2.05) is 13.8 Å². The number of nitrogens with one attached hydrogen (secondary N) is 1. The van der Waals surface area contributed by atoms with E-state index in [4.69, 9.17) is 0 Å². The van der Waals surface area contributed by atoms with Gasteiger partial charge in [-0.15, -0.1) is 0 Å². The maximum Gasteiger partial charge on any atom is 0.405 e. The Balaban J connectivity index is 2.16. The standard InChI is InChI=1S/C12H14F3N5/c1-8(2)10-6-18-20(19-10)9-3-4-16-11(5-9)17-7-12(13,14)15/h3-6,8H,7H2,1-2H3,(H,16,17). The van der Waals surface area contributed by atoms with Crippen molar-refractivity contribution in [1.29, 1.82) is 0 Å². The largest absolute Gasteiger partial charge is 0.405 e. The molecule has 2 aromatic rings. The maximum atomic E-state index is 12.1. The zero-order chi connectivity index (χ0) is 14.8. The monoisotopic (exact) mass is 285 g/mol. The summed E-state index contributed by atoms with van der Waals surface area (Å²) in [5.74, 6) is 0.358. The summed E-state index contributed by atoms with van der Waals surface area (Å²) in [5, 5.41) is 10.6. The van der Waals surface area contributed by atoms with Crippen LogP contribution in [0.3, 0.4) is 0 Å². The van der Waals surface area contributed by atoms with E-state index in [0.29, 0.717) is 5.69 Å². The zero-order valence-corrected chi connectivity index (χ0v) is 11.0. The van der Waals surface area contributed by atoms with Crippen molar-refractivity contribution in [2.75, 3.05) is 11.9 Å². The Bertz CT molecular complexity index is 576. The first-order valence-electron chi connectivity index (χ1n) is 6.04. The molecule has 0 atom stereocenters. The molecule has 5 nitrogen and oxygen atoms in total. The highest BCUT2D eigenvalue weighted by atomic mass is 19.4. The molecule has 0 fully saturated rings. The summed E-state index contributed by atoms with van der Waals surface area (Å²) in [6.07, 6.45) is -1.24. The van der Waals surface area contributed by atoms with Gasteiger partial charge < -0.3 is 5.32 Å². The quantitative estimate of drug-likeness (QED) is 0.938. The van der Waals surface area contributed by atoms with E-state index < -0.39 is 12.7 Å². The highest BCUT2D eigenvalue weighted by Gasteiger charge is 2.26. The Hall–Kier alpha value is -2.12. The molecule has 0 radical (unpaired) electrons. The van der Waals surface area contributed by atoms with Crippen molar-refractivity contribution < 1.29 is 13.2 Å². The molecule has 0 unspecified atom stereocenters. The minimum atomic E-state index is -4.29. The third-order valence-electron chi connectivity index (χ3n) is 2.55. The van der Waals surface area contributed by atoms with Crippen molar-refractivity contribution in [2.24, 2.45) is 0 Å². The fourth-order valence-corrected chi connectivity index (χ4v) is 1.50. The van der Waals surface area contributed by atoms with Crippen LogP contribution in [0.15, 0.2) is 24.5 Å². The Kier molecular flexibility index (Phi) is 3.91. The Labute approximate surface area is 113 Å². The lowest BCUT2D eigenvalue weighted by Gasteiger charge is -2.09. The van der Waals surface area contributed by atoms with Gasteiger partial charge in [-0.05, 0) is 12.0 Å². The molecule has 8 heteroatoms. The minimum absolute atomic E-state index is 0.128. The van der Waals surface area contributed by atoms with Gasteiger partial charge in [0.15, 0.2) is 0 Å². The summed E-state index contributed by atoms with van der Waals surface area (Å²) in [6.45, 7) is 2.83. The number of anilines is 1. The predicted molar refractivity (Wildman–Crippen MR) is 67.8 cm³/mol. The van der Waals surface area contributed by atoms with Gasteiger partial charge in [-0.25, -0.2) is 4.98 Å². The molecule has 2 aromatic heterocycles. The van der Waals surface area contributed by atoms with E-state index in [2.05, 4.69) is 20.5 Å². The highest BCUT2D eigenvalue weighted by Crippen LogP contribution is 2.17. The molecule has 108 valence electrons. The molecule has 0 saturated carbocycles. The smallest absolute Gasteiger partial charge is 0.361 e. The number of alkyl halides is 3. The summed E-state index contributed by atoms with van der Waals surface area (Å²) >= 11 is 0. The first-order chi connectivity index (χ1) is 9.35. The van der Waals surface area contributed by atoms with Crippen molar-refractivity contribution in [3.8, 4) is 5.69 Å². The molecule has 20 heavy (non-hydrogen) atoms. The van der Waals surface area contributed by atoms with E-state index in [0.717, 1.165) is 5.69 Å². The normalized spacial score (nSPS) is 11.9. The van der Waals surface area contributed by atoms with Crippen molar-refractivity contribution in [1.82, 2.24) is 20.0 Å². The minimum Gasteiger partial charge on any atom is -0.361 e. The summed E-state index contributed by atoms with van der Waals surface area (Å²) in [6, 6.07) is 3.10. The third-order valence-corrected chi connectivity index (χ3v) is 2.55. The van der Waals surface area contributed by atoms with Crippen molar-refractivity contribution >= 4 is 5.82 Å². The van der Waals surface area contributed by atoms with Crippen LogP contribution in [0.2, 0.25) is 0 Å². The number of nitrogens with zero attached hydrogens (tertiary/aromatic N) is 4. The summed E-state index contributed by atoms with van der Waals surface area (Å²) < 4.78 is 36.4. The van der Waals surface area contributed by atoms with E-state index in [1.54, 1.807) is 12.3 Å². The van der Waals surface area contributed by atoms with Gasteiger partial charge in [-0.2, -0.15) is 28.2 Å². The van der Waals surface area contributed by atoms with Crippen molar-refractivity contribution in [3.05, 3.63) is 30.2 Å². The number of halogens is 3. The lowest BCUT2D eigenvalue weighted by molar-refractivity contribution is -0.115. The van der Waals surface area contributed by atoms with Gasteiger partial charge in [-0.1, -0.05) is 13.8 Å². The molecular formula is C12H14F3N5. The molecule has 0 amide bonds. The molecule has 0 aliphatic heterocycles. The fraction of sp³-hybridized carbons (Fsp3) is 0.417. The van der Waals surface area contributed by atoms with E-state index >= 15 is 0 Å². The molecule has 0 aromatic carbocycles. The SMILES string of the molecule is CC(C)c1cnn(-c2ccnc(NCC(F)(F)F)c2)n1. The van der Waals surface area contributed by atoms with Crippen molar-refractivity contribution in [2.45, 2.75) is 25.9 Å². The molecule has 0 spiro atoms. The van der Waals surface area contributed by atoms with Crippen LogP contribution in [0.5, 0.6) is 0 Å². The fourth-order valence-electron chi connectivity index (χ4n) is 1.50. The Morgan fingerprint density at radius 1 is 1.35 bits per heavy atom. The van der Waals surface area contributed by atoms with Crippen molar-refractivity contribution in [3.63, 3.8) is 0 Å². The maximum absolute atomic E-state index is 12.1. The van der Waals surface area contributed by atoms with Gasteiger partial charge in [0, 0.05) is 12.3 Å². The molecule has 1 N–H and O–H groups in total. The number of hydrogen-bond donors (Lipinski definition) is 1. The highest BCUT2D eigenvalue weighted by molar-refractivity contribution is 5.43. The molecule has 2 heterocycles. The number of rotatable bonds is 4. The van der Waals surface area contributed by atoms with Gasteiger partial charge in [0.25, 0.3) is 0 Å². The van der Waals surface area contributed by atoms with Crippen LogP contribution in [-0.4, -0.2) is 32.7 Å². The second kappa shape index (κ2) is 5.48. The van der Waals surface area contributed by atoms with E-state index in [-0.39, 0.29) is 11.7 Å². The molecule has 0 bridgehead atoms. The van der Waals surface area contributed by atoms with E-state index in [9.17, 15) is 13.2 Å². The van der Waals surface area contributed by atoms with Crippen LogP contribution in [0.25, 0.3) is 5.69 Å². The predicted octanol–water partition coefficient (Wildman–Crippen LogP) is 2.76. The third kappa shape index (κ3) is 3.69. The second-order valence-electron chi connectivity index (χ2n) is 4.58. The van der Waals surface area contributed by atoms with Crippen LogP contribution in [0, 0.1) is 0 Å². The van der Waals surface area contributed by atoms with Gasteiger partial charge >= 0.3 is 6.18 Å². The molecular weight excluding hydrogens is 271 g/mol. The van der Waals surface area contributed by atoms with Crippen LogP contribution < -0.4 is 5.32 Å². The summed E-state index contributed by atoms with van der Waals surface area (Å²) in [4.78, 5) is 5.20. The first-order valence-corrected chi connectivity index (χ1v) is 6.04. The average Bonchev–Trinajstić information content (AvgIpc) is 2.86. The van der Waals surface area contributed by atoms with Gasteiger partial charge in [0.1, 0.15) is 12.4 Å².